The lowest BCUT2D eigenvalue weighted by Crippen LogP contribution is -2.15. The molecular weight excluding hydrogens is 277 g/mol. The molecule has 106 valence electrons. The Hall–Kier alpha value is -1.99. The van der Waals surface area contributed by atoms with Gasteiger partial charge in [-0.3, -0.25) is 4.68 Å². The van der Waals surface area contributed by atoms with E-state index in [0.717, 1.165) is 18.4 Å². The van der Waals surface area contributed by atoms with E-state index in [4.69, 9.17) is 0 Å². The van der Waals surface area contributed by atoms with Gasteiger partial charge in [0.1, 0.15) is 6.33 Å². The van der Waals surface area contributed by atoms with Crippen molar-refractivity contribution >= 4 is 18.5 Å². The Morgan fingerprint density at radius 3 is 1.95 bits per heavy atom. The second-order valence-electron chi connectivity index (χ2n) is 4.91. The van der Waals surface area contributed by atoms with Crippen molar-refractivity contribution in [2.24, 2.45) is 7.05 Å². The van der Waals surface area contributed by atoms with Gasteiger partial charge in [0, 0.05) is 13.5 Å². The molecule has 0 aliphatic carbocycles. The molecule has 1 aromatic heterocycles. The fourth-order valence-electron chi connectivity index (χ4n) is 2.33. The zero-order chi connectivity index (χ0) is 14.5. The number of hydrogen-bond donors (Lipinski definition) is 0. The molecule has 0 radical (unpaired) electrons. The van der Waals surface area contributed by atoms with E-state index < -0.39 is 0 Å². The molecule has 0 bridgehead atoms. The van der Waals surface area contributed by atoms with E-state index in [0.29, 0.717) is 0 Å². The third-order valence-electron chi connectivity index (χ3n) is 3.34. The van der Waals surface area contributed by atoms with Crippen LogP contribution in [0.2, 0.25) is 0 Å². The molecule has 0 saturated carbocycles. The van der Waals surface area contributed by atoms with Crippen molar-refractivity contribution in [1.82, 2.24) is 14.8 Å². The van der Waals surface area contributed by atoms with E-state index >= 15 is 0 Å². The molecule has 3 nitrogen and oxygen atoms in total. The third-order valence-corrected chi connectivity index (χ3v) is 5.86. The second-order valence-corrected chi connectivity index (χ2v) is 7.24. The van der Waals surface area contributed by atoms with Crippen LogP contribution in [0.25, 0.3) is 0 Å². The molecule has 1 heterocycles. The summed E-state index contributed by atoms with van der Waals surface area (Å²) in [6, 6.07) is 21.5. The van der Waals surface area contributed by atoms with Gasteiger partial charge < -0.3 is 0 Å². The molecule has 0 saturated heterocycles. The Balaban J connectivity index is 1.83. The first-order valence-electron chi connectivity index (χ1n) is 7.05. The van der Waals surface area contributed by atoms with Crippen molar-refractivity contribution in [1.29, 1.82) is 0 Å². The van der Waals surface area contributed by atoms with Gasteiger partial charge in [0.25, 0.3) is 0 Å². The molecule has 3 aromatic rings. The van der Waals surface area contributed by atoms with Crippen LogP contribution in [0.4, 0.5) is 0 Å². The van der Waals surface area contributed by atoms with Crippen molar-refractivity contribution in [3.63, 3.8) is 0 Å². The molecule has 0 N–H and O–H groups in total. The molecule has 0 atom stereocenters. The van der Waals surface area contributed by atoms with Crippen LogP contribution in [0.5, 0.6) is 0 Å². The Kier molecular flexibility index (Phi) is 4.42. The predicted octanol–water partition coefficient (Wildman–Crippen LogP) is 2.49. The van der Waals surface area contributed by atoms with Crippen molar-refractivity contribution < 1.29 is 0 Å². The maximum atomic E-state index is 4.39. The first-order valence-corrected chi connectivity index (χ1v) is 8.58. The molecule has 2 aromatic carbocycles. The van der Waals surface area contributed by atoms with Gasteiger partial charge >= 0.3 is 0 Å². The van der Waals surface area contributed by atoms with Crippen LogP contribution in [-0.4, -0.2) is 20.9 Å². The normalized spacial score (nSPS) is 11.0. The number of aryl methyl sites for hydroxylation is 2. The highest BCUT2D eigenvalue weighted by atomic mass is 31.1. The van der Waals surface area contributed by atoms with Gasteiger partial charge in [-0.15, -0.1) is 0 Å². The maximum absolute atomic E-state index is 4.39. The Bertz CT molecular complexity index is 640. The van der Waals surface area contributed by atoms with Crippen molar-refractivity contribution in [3.05, 3.63) is 72.8 Å². The van der Waals surface area contributed by atoms with Gasteiger partial charge in [-0.05, 0) is 24.7 Å². The minimum atomic E-state index is -0.355. The maximum Gasteiger partial charge on any atom is 0.150 e. The van der Waals surface area contributed by atoms with E-state index in [-0.39, 0.29) is 7.92 Å². The van der Waals surface area contributed by atoms with Crippen LogP contribution in [0.15, 0.2) is 67.0 Å². The van der Waals surface area contributed by atoms with Crippen molar-refractivity contribution in [2.75, 3.05) is 6.16 Å². The summed E-state index contributed by atoms with van der Waals surface area (Å²) in [6.45, 7) is 0. The topological polar surface area (TPSA) is 30.7 Å². The first kappa shape index (κ1) is 14.0. The number of benzene rings is 2. The fourth-order valence-corrected chi connectivity index (χ4v) is 4.64. The number of hydrogen-bond acceptors (Lipinski definition) is 2. The molecule has 0 aliphatic rings. The lowest BCUT2D eigenvalue weighted by molar-refractivity contribution is 0.746. The molecule has 0 spiro atoms. The third kappa shape index (κ3) is 3.56. The first-order chi connectivity index (χ1) is 10.3. The van der Waals surface area contributed by atoms with Crippen molar-refractivity contribution in [3.8, 4) is 0 Å². The number of nitrogens with zero attached hydrogens (tertiary/aromatic N) is 3. The molecule has 0 unspecified atom stereocenters. The van der Waals surface area contributed by atoms with Gasteiger partial charge in [-0.2, -0.15) is 5.10 Å². The fraction of sp³-hybridized carbons (Fsp3) is 0.176. The van der Waals surface area contributed by atoms with E-state index in [2.05, 4.69) is 70.7 Å². The van der Waals surface area contributed by atoms with E-state index in [1.54, 1.807) is 11.0 Å². The van der Waals surface area contributed by atoms with Crippen molar-refractivity contribution in [2.45, 2.75) is 6.42 Å². The van der Waals surface area contributed by atoms with Crippen LogP contribution in [0.1, 0.15) is 5.82 Å². The minimum Gasteiger partial charge on any atom is -0.256 e. The quantitative estimate of drug-likeness (QED) is 0.677. The highest BCUT2D eigenvalue weighted by molar-refractivity contribution is 7.73. The predicted molar refractivity (Wildman–Crippen MR) is 88.6 cm³/mol. The van der Waals surface area contributed by atoms with Gasteiger partial charge in [0.15, 0.2) is 5.82 Å². The van der Waals surface area contributed by atoms with Crippen LogP contribution in [0, 0.1) is 0 Å². The standard InChI is InChI=1S/C17H18N3P/c1-20-14-18-17(19-20)12-13-21(15-8-4-2-5-9-15)16-10-6-3-7-11-16/h2-11,14H,12-13H2,1H3. The SMILES string of the molecule is Cn1cnc(CCP(c2ccccc2)c2ccccc2)n1. The summed E-state index contributed by atoms with van der Waals surface area (Å²) in [5.74, 6) is 0.928. The van der Waals surface area contributed by atoms with Crippen LogP contribution in [0.3, 0.4) is 0 Å². The molecule has 0 fully saturated rings. The van der Waals surface area contributed by atoms with E-state index in [9.17, 15) is 0 Å². The van der Waals surface area contributed by atoms with E-state index in [1.807, 2.05) is 7.05 Å². The molecule has 0 aliphatic heterocycles. The van der Waals surface area contributed by atoms with Crippen LogP contribution >= 0.6 is 7.92 Å². The lowest BCUT2D eigenvalue weighted by atomic mass is 10.4. The Labute approximate surface area is 126 Å². The Morgan fingerprint density at radius 1 is 0.905 bits per heavy atom. The van der Waals surface area contributed by atoms with Gasteiger partial charge in [0.2, 0.25) is 0 Å². The molecular formula is C17H18N3P. The lowest BCUT2D eigenvalue weighted by Gasteiger charge is -2.17. The highest BCUT2D eigenvalue weighted by Gasteiger charge is 2.14. The zero-order valence-electron chi connectivity index (χ0n) is 12.1. The smallest absolute Gasteiger partial charge is 0.150 e. The second kappa shape index (κ2) is 6.64. The summed E-state index contributed by atoms with van der Waals surface area (Å²) in [7, 11) is 1.56. The number of rotatable bonds is 5. The molecule has 21 heavy (non-hydrogen) atoms. The van der Waals surface area contributed by atoms with Gasteiger partial charge in [-0.25, -0.2) is 4.98 Å². The summed E-state index contributed by atoms with van der Waals surface area (Å²) < 4.78 is 1.77. The van der Waals surface area contributed by atoms with Gasteiger partial charge in [0.05, 0.1) is 0 Å². The number of aromatic nitrogens is 3. The van der Waals surface area contributed by atoms with Gasteiger partial charge in [-0.1, -0.05) is 60.7 Å². The summed E-state index contributed by atoms with van der Waals surface area (Å²) in [5.41, 5.74) is 0. The monoisotopic (exact) mass is 295 g/mol. The van der Waals surface area contributed by atoms with Crippen LogP contribution in [-0.2, 0) is 13.5 Å². The minimum absolute atomic E-state index is 0.355. The molecule has 0 amide bonds. The zero-order valence-corrected chi connectivity index (χ0v) is 12.9. The average Bonchev–Trinajstić information content (AvgIpc) is 2.95. The highest BCUT2D eigenvalue weighted by Crippen LogP contribution is 2.33. The summed E-state index contributed by atoms with van der Waals surface area (Å²) in [6.07, 6.45) is 3.76. The average molecular weight is 295 g/mol. The summed E-state index contributed by atoms with van der Waals surface area (Å²) in [5, 5.41) is 7.21. The summed E-state index contributed by atoms with van der Waals surface area (Å²) >= 11 is 0. The largest absolute Gasteiger partial charge is 0.256 e. The molecule has 3 rings (SSSR count). The van der Waals surface area contributed by atoms with E-state index in [1.165, 1.54) is 10.6 Å². The van der Waals surface area contributed by atoms with Crippen LogP contribution < -0.4 is 10.6 Å². The summed E-state index contributed by atoms with van der Waals surface area (Å²) in [4.78, 5) is 4.34. The Morgan fingerprint density at radius 2 is 1.48 bits per heavy atom. The molecule has 4 heteroatoms.